The molecule has 18 heavy (non-hydrogen) atoms. The summed E-state index contributed by atoms with van der Waals surface area (Å²) in [5, 5.41) is 0. The van der Waals surface area contributed by atoms with E-state index >= 15 is 0 Å². The number of hydrogen-bond donors (Lipinski definition) is 0. The monoisotopic (exact) mass is 241 g/mol. The van der Waals surface area contributed by atoms with Crippen molar-refractivity contribution < 1.29 is 14.3 Å². The Morgan fingerprint density at radius 2 is 1.67 bits per heavy atom. The minimum absolute atomic E-state index is 0.0694. The Hall–Kier alpha value is -2.49. The van der Waals surface area contributed by atoms with Gasteiger partial charge in [-0.05, 0) is 17.7 Å². The maximum Gasteiger partial charge on any atom is 0.380 e. The molecule has 90 valence electrons. The van der Waals surface area contributed by atoms with E-state index in [4.69, 9.17) is 4.74 Å². The molecule has 0 saturated heterocycles. The van der Waals surface area contributed by atoms with Crippen LogP contribution in [0.4, 0.5) is 0 Å². The second-order valence-corrected chi connectivity index (χ2v) is 3.63. The molecule has 0 fully saturated rings. The van der Waals surface area contributed by atoms with Crippen molar-refractivity contribution in [2.75, 3.05) is 0 Å². The van der Waals surface area contributed by atoms with Crippen molar-refractivity contribution in [2.45, 2.75) is 6.61 Å². The average Bonchev–Trinajstić information content (AvgIpc) is 2.46. The standard InChI is InChI=1S/C14H11NO3/c16-13(12-4-2-1-3-5-12)14(17)18-10-11-6-8-15-9-7-11/h1-9H,10H2. The molecule has 0 spiro atoms. The van der Waals surface area contributed by atoms with Crippen LogP contribution in [0.1, 0.15) is 15.9 Å². The Labute approximate surface area is 104 Å². The summed E-state index contributed by atoms with van der Waals surface area (Å²) in [6.07, 6.45) is 3.20. The Morgan fingerprint density at radius 3 is 2.33 bits per heavy atom. The number of nitrogens with zero attached hydrogens (tertiary/aromatic N) is 1. The van der Waals surface area contributed by atoms with E-state index in [0.717, 1.165) is 5.56 Å². The summed E-state index contributed by atoms with van der Waals surface area (Å²) in [6.45, 7) is 0.0694. The van der Waals surface area contributed by atoms with Crippen molar-refractivity contribution in [3.63, 3.8) is 0 Å². The van der Waals surface area contributed by atoms with Gasteiger partial charge in [-0.3, -0.25) is 9.78 Å². The van der Waals surface area contributed by atoms with E-state index in [-0.39, 0.29) is 6.61 Å². The number of hydrogen-bond acceptors (Lipinski definition) is 4. The van der Waals surface area contributed by atoms with Crippen LogP contribution in [-0.2, 0) is 16.1 Å². The lowest BCUT2D eigenvalue weighted by Gasteiger charge is -2.03. The highest BCUT2D eigenvalue weighted by Crippen LogP contribution is 2.04. The van der Waals surface area contributed by atoms with Gasteiger partial charge >= 0.3 is 5.97 Å². The first-order chi connectivity index (χ1) is 8.77. The lowest BCUT2D eigenvalue weighted by atomic mass is 10.1. The lowest BCUT2D eigenvalue weighted by Crippen LogP contribution is -2.17. The predicted octanol–water partition coefficient (Wildman–Crippen LogP) is 2.01. The van der Waals surface area contributed by atoms with Crippen molar-refractivity contribution in [1.29, 1.82) is 0 Å². The molecule has 0 unspecified atom stereocenters. The zero-order valence-electron chi connectivity index (χ0n) is 9.58. The zero-order chi connectivity index (χ0) is 12.8. The van der Waals surface area contributed by atoms with Gasteiger partial charge in [0.2, 0.25) is 0 Å². The zero-order valence-corrected chi connectivity index (χ0v) is 9.58. The molecule has 0 aliphatic rings. The third kappa shape index (κ3) is 3.01. The van der Waals surface area contributed by atoms with E-state index in [1.165, 1.54) is 0 Å². The second kappa shape index (κ2) is 5.72. The van der Waals surface area contributed by atoms with Crippen molar-refractivity contribution in [1.82, 2.24) is 4.98 Å². The smallest absolute Gasteiger partial charge is 0.380 e. The summed E-state index contributed by atoms with van der Waals surface area (Å²) in [6, 6.07) is 11.8. The first-order valence-corrected chi connectivity index (χ1v) is 5.43. The summed E-state index contributed by atoms with van der Waals surface area (Å²) in [5.41, 5.74) is 1.12. The van der Waals surface area contributed by atoms with Crippen molar-refractivity contribution >= 4 is 11.8 Å². The SMILES string of the molecule is O=C(OCc1ccncc1)C(=O)c1ccccc1. The molecule has 1 aromatic carbocycles. The van der Waals surface area contributed by atoms with Gasteiger partial charge in [-0.25, -0.2) is 4.79 Å². The summed E-state index contributed by atoms with van der Waals surface area (Å²) >= 11 is 0. The number of benzene rings is 1. The molecule has 0 aliphatic carbocycles. The minimum atomic E-state index is -0.849. The van der Waals surface area contributed by atoms with E-state index in [1.807, 2.05) is 0 Å². The predicted molar refractivity (Wildman–Crippen MR) is 64.8 cm³/mol. The molecule has 4 heteroatoms. The van der Waals surface area contributed by atoms with Gasteiger partial charge in [0.05, 0.1) is 0 Å². The van der Waals surface area contributed by atoms with E-state index in [0.29, 0.717) is 5.56 Å². The second-order valence-electron chi connectivity index (χ2n) is 3.63. The van der Waals surface area contributed by atoms with Crippen LogP contribution >= 0.6 is 0 Å². The van der Waals surface area contributed by atoms with Crippen LogP contribution < -0.4 is 0 Å². The van der Waals surface area contributed by atoms with E-state index in [1.54, 1.807) is 54.9 Å². The Bertz CT molecular complexity index is 537. The third-order valence-electron chi connectivity index (χ3n) is 2.34. The van der Waals surface area contributed by atoms with Gasteiger partial charge in [-0.1, -0.05) is 30.3 Å². The quantitative estimate of drug-likeness (QED) is 0.466. The Morgan fingerprint density at radius 1 is 1.00 bits per heavy atom. The summed E-state index contributed by atoms with van der Waals surface area (Å²) in [5.74, 6) is -1.48. The highest BCUT2D eigenvalue weighted by Gasteiger charge is 2.17. The number of carbonyl (C=O) groups excluding carboxylic acids is 2. The number of carbonyl (C=O) groups is 2. The molecular formula is C14H11NO3. The number of aromatic nitrogens is 1. The van der Waals surface area contributed by atoms with Crippen molar-refractivity contribution in [2.24, 2.45) is 0 Å². The minimum Gasteiger partial charge on any atom is -0.455 e. The highest BCUT2D eigenvalue weighted by molar-refractivity contribution is 6.40. The molecular weight excluding hydrogens is 230 g/mol. The van der Waals surface area contributed by atoms with Crippen LogP contribution in [0.5, 0.6) is 0 Å². The van der Waals surface area contributed by atoms with Gasteiger partial charge in [0.1, 0.15) is 6.61 Å². The number of Topliss-reactive ketones (excluding diaryl/α,β-unsaturated/α-hetero) is 1. The summed E-state index contributed by atoms with van der Waals surface area (Å²) in [4.78, 5) is 27.1. The molecule has 0 amide bonds. The number of ether oxygens (including phenoxy) is 1. The van der Waals surface area contributed by atoms with Crippen LogP contribution in [0.3, 0.4) is 0 Å². The van der Waals surface area contributed by atoms with E-state index in [2.05, 4.69) is 4.98 Å². The maximum atomic E-state index is 11.7. The van der Waals surface area contributed by atoms with Gasteiger partial charge in [0, 0.05) is 18.0 Å². The Kier molecular flexibility index (Phi) is 3.81. The van der Waals surface area contributed by atoms with E-state index < -0.39 is 11.8 Å². The van der Waals surface area contributed by atoms with Gasteiger partial charge in [0.25, 0.3) is 5.78 Å². The van der Waals surface area contributed by atoms with E-state index in [9.17, 15) is 9.59 Å². The van der Waals surface area contributed by atoms with Crippen LogP contribution in [0, 0.1) is 0 Å². The first-order valence-electron chi connectivity index (χ1n) is 5.43. The average molecular weight is 241 g/mol. The summed E-state index contributed by atoms with van der Waals surface area (Å²) < 4.78 is 4.93. The molecule has 0 atom stereocenters. The third-order valence-corrected chi connectivity index (χ3v) is 2.34. The van der Waals surface area contributed by atoms with Crippen LogP contribution in [0.25, 0.3) is 0 Å². The molecule has 4 nitrogen and oxygen atoms in total. The molecule has 0 N–H and O–H groups in total. The van der Waals surface area contributed by atoms with Crippen LogP contribution in [-0.4, -0.2) is 16.7 Å². The molecule has 1 heterocycles. The maximum absolute atomic E-state index is 11.7. The van der Waals surface area contributed by atoms with Gasteiger partial charge in [-0.2, -0.15) is 0 Å². The topological polar surface area (TPSA) is 56.3 Å². The fourth-order valence-electron chi connectivity index (χ4n) is 1.40. The van der Waals surface area contributed by atoms with Crippen LogP contribution in [0.2, 0.25) is 0 Å². The summed E-state index contributed by atoms with van der Waals surface area (Å²) in [7, 11) is 0. The number of ketones is 1. The molecule has 0 aliphatic heterocycles. The van der Waals surface area contributed by atoms with Gasteiger partial charge in [0.15, 0.2) is 0 Å². The highest BCUT2D eigenvalue weighted by atomic mass is 16.5. The van der Waals surface area contributed by atoms with Crippen molar-refractivity contribution in [3.8, 4) is 0 Å². The number of pyridine rings is 1. The van der Waals surface area contributed by atoms with Crippen molar-refractivity contribution in [3.05, 3.63) is 66.0 Å². The molecule has 0 saturated carbocycles. The fraction of sp³-hybridized carbons (Fsp3) is 0.0714. The molecule has 2 rings (SSSR count). The fourth-order valence-corrected chi connectivity index (χ4v) is 1.40. The molecule has 0 bridgehead atoms. The molecule has 0 radical (unpaired) electrons. The Balaban J connectivity index is 1.95. The molecule has 1 aromatic heterocycles. The van der Waals surface area contributed by atoms with Gasteiger partial charge in [-0.15, -0.1) is 0 Å². The lowest BCUT2D eigenvalue weighted by molar-refractivity contribution is -0.139. The van der Waals surface area contributed by atoms with Crippen LogP contribution in [0.15, 0.2) is 54.9 Å². The number of rotatable bonds is 4. The normalized spacial score (nSPS) is 9.78. The number of esters is 1. The first kappa shape index (κ1) is 12.0. The van der Waals surface area contributed by atoms with Gasteiger partial charge < -0.3 is 4.74 Å². The largest absolute Gasteiger partial charge is 0.455 e. The molecule has 2 aromatic rings.